The maximum Gasteiger partial charge on any atom is 0.328 e. The Morgan fingerprint density at radius 1 is 1.55 bits per heavy atom. The van der Waals surface area contributed by atoms with Crippen LogP contribution in [0.3, 0.4) is 0 Å². The molecule has 0 spiro atoms. The summed E-state index contributed by atoms with van der Waals surface area (Å²) in [5.41, 5.74) is 0.854. The van der Waals surface area contributed by atoms with Gasteiger partial charge in [-0.05, 0) is 44.4 Å². The van der Waals surface area contributed by atoms with Crippen molar-refractivity contribution in [3.8, 4) is 6.07 Å². The average molecular weight is 276 g/mol. The fourth-order valence-electron chi connectivity index (χ4n) is 2.55. The molecule has 1 unspecified atom stereocenters. The van der Waals surface area contributed by atoms with E-state index in [1.807, 2.05) is 11.0 Å². The predicted molar refractivity (Wildman–Crippen MR) is 72.7 cm³/mol. The largest absolute Gasteiger partial charge is 0.464 e. The number of benzene rings is 1. The molecule has 106 valence electrons. The second-order valence-corrected chi connectivity index (χ2v) is 4.73. The Bertz CT molecular complexity index is 539. The van der Waals surface area contributed by atoms with Crippen LogP contribution in [-0.2, 0) is 9.53 Å². The summed E-state index contributed by atoms with van der Waals surface area (Å²) in [6.45, 7) is 2.77. The number of carbonyl (C=O) groups excluding carboxylic acids is 1. The number of rotatable bonds is 3. The molecule has 5 heteroatoms. The molecule has 1 aromatic carbocycles. The van der Waals surface area contributed by atoms with Crippen molar-refractivity contribution < 1.29 is 13.9 Å². The van der Waals surface area contributed by atoms with Crippen molar-refractivity contribution in [1.82, 2.24) is 0 Å². The Balaban J connectivity index is 2.33. The number of nitriles is 1. The van der Waals surface area contributed by atoms with Gasteiger partial charge in [0.05, 0.1) is 17.9 Å². The summed E-state index contributed by atoms with van der Waals surface area (Å²) in [5, 5.41) is 9.14. The highest BCUT2D eigenvalue weighted by molar-refractivity contribution is 5.81. The molecule has 0 N–H and O–H groups in total. The van der Waals surface area contributed by atoms with Gasteiger partial charge in [0.1, 0.15) is 17.9 Å². The standard InChI is InChI=1S/C15H17FN2O2/c1-2-20-15(19)14-5-3-4-8-18(14)13-7-6-12(16)9-11(13)10-17/h6-7,9,14H,2-5,8H2,1H3. The van der Waals surface area contributed by atoms with Crippen molar-refractivity contribution in [2.45, 2.75) is 32.2 Å². The van der Waals surface area contributed by atoms with Gasteiger partial charge in [-0.2, -0.15) is 5.26 Å². The van der Waals surface area contributed by atoms with Gasteiger partial charge in [0, 0.05) is 6.54 Å². The second kappa shape index (κ2) is 6.38. The summed E-state index contributed by atoms with van der Waals surface area (Å²) in [7, 11) is 0. The first-order valence-electron chi connectivity index (χ1n) is 6.80. The van der Waals surface area contributed by atoms with Gasteiger partial charge in [-0.3, -0.25) is 0 Å². The molecule has 2 rings (SSSR count). The number of esters is 1. The van der Waals surface area contributed by atoms with E-state index in [9.17, 15) is 9.18 Å². The van der Waals surface area contributed by atoms with E-state index in [-0.39, 0.29) is 17.6 Å². The third kappa shape index (κ3) is 2.90. The van der Waals surface area contributed by atoms with Gasteiger partial charge in [0.25, 0.3) is 0 Å². The molecule has 1 aliphatic rings. The van der Waals surface area contributed by atoms with E-state index in [1.54, 1.807) is 13.0 Å². The Kier molecular flexibility index (Phi) is 4.57. The van der Waals surface area contributed by atoms with Gasteiger partial charge in [-0.15, -0.1) is 0 Å². The first kappa shape index (κ1) is 14.3. The SMILES string of the molecule is CCOC(=O)C1CCCCN1c1ccc(F)cc1C#N. The number of hydrogen-bond donors (Lipinski definition) is 0. The Hall–Kier alpha value is -2.09. The van der Waals surface area contributed by atoms with Crippen LogP contribution in [0.2, 0.25) is 0 Å². The van der Waals surface area contributed by atoms with E-state index in [1.165, 1.54) is 12.1 Å². The third-order valence-corrected chi connectivity index (χ3v) is 3.45. The van der Waals surface area contributed by atoms with E-state index in [2.05, 4.69) is 0 Å². The normalized spacial score (nSPS) is 18.4. The fourth-order valence-corrected chi connectivity index (χ4v) is 2.55. The molecule has 0 bridgehead atoms. The maximum atomic E-state index is 13.2. The average Bonchev–Trinajstić information content (AvgIpc) is 2.47. The topological polar surface area (TPSA) is 53.3 Å². The summed E-state index contributed by atoms with van der Waals surface area (Å²) in [6.07, 6.45) is 2.59. The van der Waals surface area contributed by atoms with Crippen LogP contribution in [0, 0.1) is 17.1 Å². The van der Waals surface area contributed by atoms with Crippen molar-refractivity contribution >= 4 is 11.7 Å². The molecular formula is C15H17FN2O2. The smallest absolute Gasteiger partial charge is 0.328 e. The highest BCUT2D eigenvalue weighted by Crippen LogP contribution is 2.28. The van der Waals surface area contributed by atoms with Crippen LogP contribution in [0.15, 0.2) is 18.2 Å². The van der Waals surface area contributed by atoms with Crippen LogP contribution < -0.4 is 4.90 Å². The van der Waals surface area contributed by atoms with Gasteiger partial charge in [0.2, 0.25) is 0 Å². The lowest BCUT2D eigenvalue weighted by Gasteiger charge is -2.36. The van der Waals surface area contributed by atoms with Crippen molar-refractivity contribution in [1.29, 1.82) is 5.26 Å². The van der Waals surface area contributed by atoms with Gasteiger partial charge in [-0.1, -0.05) is 0 Å². The monoisotopic (exact) mass is 276 g/mol. The fraction of sp³-hybridized carbons (Fsp3) is 0.467. The van der Waals surface area contributed by atoms with Crippen molar-refractivity contribution in [2.75, 3.05) is 18.1 Å². The number of piperidine rings is 1. The van der Waals surface area contributed by atoms with Gasteiger partial charge >= 0.3 is 5.97 Å². The first-order valence-corrected chi connectivity index (χ1v) is 6.80. The second-order valence-electron chi connectivity index (χ2n) is 4.73. The third-order valence-electron chi connectivity index (χ3n) is 3.45. The molecule has 1 aliphatic heterocycles. The highest BCUT2D eigenvalue weighted by atomic mass is 19.1. The number of anilines is 1. The Morgan fingerprint density at radius 2 is 2.35 bits per heavy atom. The van der Waals surface area contributed by atoms with Crippen LogP contribution in [-0.4, -0.2) is 25.2 Å². The van der Waals surface area contributed by atoms with Crippen LogP contribution in [0.1, 0.15) is 31.7 Å². The zero-order chi connectivity index (χ0) is 14.5. The number of nitrogens with zero attached hydrogens (tertiary/aromatic N) is 2. The summed E-state index contributed by atoms with van der Waals surface area (Å²) >= 11 is 0. The summed E-state index contributed by atoms with van der Waals surface area (Å²) in [6, 6.07) is 5.68. The molecule has 1 atom stereocenters. The molecule has 0 radical (unpaired) electrons. The lowest BCUT2D eigenvalue weighted by Crippen LogP contribution is -2.46. The van der Waals surface area contributed by atoms with E-state index < -0.39 is 5.82 Å². The summed E-state index contributed by atoms with van der Waals surface area (Å²) < 4.78 is 18.3. The molecular weight excluding hydrogens is 259 g/mol. The van der Waals surface area contributed by atoms with Crippen molar-refractivity contribution in [3.05, 3.63) is 29.6 Å². The van der Waals surface area contributed by atoms with Gasteiger partial charge in [0.15, 0.2) is 0 Å². The molecule has 0 saturated carbocycles. The number of carbonyl (C=O) groups is 1. The van der Waals surface area contributed by atoms with Crippen molar-refractivity contribution in [3.63, 3.8) is 0 Å². The lowest BCUT2D eigenvalue weighted by molar-refractivity contribution is -0.145. The molecule has 0 amide bonds. The Morgan fingerprint density at radius 3 is 3.05 bits per heavy atom. The van der Waals surface area contributed by atoms with Crippen LogP contribution in [0.4, 0.5) is 10.1 Å². The minimum atomic E-state index is -0.449. The molecule has 0 aliphatic carbocycles. The molecule has 4 nitrogen and oxygen atoms in total. The summed E-state index contributed by atoms with van der Waals surface area (Å²) in [5.74, 6) is -0.726. The number of ether oxygens (including phenoxy) is 1. The molecule has 1 heterocycles. The number of hydrogen-bond acceptors (Lipinski definition) is 4. The van der Waals surface area contributed by atoms with Crippen LogP contribution in [0.25, 0.3) is 0 Å². The van der Waals surface area contributed by atoms with E-state index in [0.717, 1.165) is 12.8 Å². The van der Waals surface area contributed by atoms with Crippen molar-refractivity contribution in [2.24, 2.45) is 0 Å². The molecule has 20 heavy (non-hydrogen) atoms. The zero-order valence-corrected chi connectivity index (χ0v) is 11.4. The Labute approximate surface area is 117 Å². The maximum absolute atomic E-state index is 13.2. The summed E-state index contributed by atoms with van der Waals surface area (Å²) in [4.78, 5) is 13.9. The molecule has 1 aromatic rings. The molecule has 1 fully saturated rings. The first-order chi connectivity index (χ1) is 9.67. The zero-order valence-electron chi connectivity index (χ0n) is 11.4. The number of halogens is 1. The van der Waals surface area contributed by atoms with Gasteiger partial charge in [-0.25, -0.2) is 9.18 Å². The molecule has 1 saturated heterocycles. The minimum Gasteiger partial charge on any atom is -0.464 e. The van der Waals surface area contributed by atoms with Crippen LogP contribution >= 0.6 is 0 Å². The van der Waals surface area contributed by atoms with E-state index >= 15 is 0 Å². The highest BCUT2D eigenvalue weighted by Gasteiger charge is 2.31. The van der Waals surface area contributed by atoms with Crippen LogP contribution in [0.5, 0.6) is 0 Å². The lowest BCUT2D eigenvalue weighted by atomic mass is 10.00. The van der Waals surface area contributed by atoms with E-state index in [4.69, 9.17) is 10.00 Å². The minimum absolute atomic E-state index is 0.251. The van der Waals surface area contributed by atoms with Gasteiger partial charge < -0.3 is 9.64 Å². The molecule has 0 aromatic heterocycles. The van der Waals surface area contributed by atoms with E-state index in [0.29, 0.717) is 25.3 Å². The predicted octanol–water partition coefficient (Wildman–Crippen LogP) is 2.62. The quantitative estimate of drug-likeness (QED) is 0.796.